The van der Waals surface area contributed by atoms with Crippen molar-refractivity contribution in [3.05, 3.63) is 11.3 Å². The number of hydrogen-bond acceptors (Lipinski definition) is 5. The van der Waals surface area contributed by atoms with Crippen LogP contribution in [0.2, 0.25) is 0 Å². The Morgan fingerprint density at radius 3 is 2.72 bits per heavy atom. The molecule has 0 fully saturated rings. The molecular weight excluding hydrogens is 234 g/mol. The number of aryl methyl sites for hydroxylation is 1. The number of carbonyl (C=O) groups excluding carboxylic acids is 1. The van der Waals surface area contributed by atoms with E-state index in [-0.39, 0.29) is 12.3 Å². The van der Waals surface area contributed by atoms with Crippen molar-refractivity contribution in [2.75, 3.05) is 19.5 Å². The highest BCUT2D eigenvalue weighted by molar-refractivity contribution is 5.90. The van der Waals surface area contributed by atoms with Gasteiger partial charge in [-0.15, -0.1) is 0 Å². The molecule has 2 N–H and O–H groups in total. The molecule has 0 aromatic carbocycles. The predicted octanol–water partition coefficient (Wildman–Crippen LogP) is 1.59. The zero-order chi connectivity index (χ0) is 13.5. The Kier molecular flexibility index (Phi) is 5.64. The van der Waals surface area contributed by atoms with Crippen LogP contribution in [0.25, 0.3) is 0 Å². The summed E-state index contributed by atoms with van der Waals surface area (Å²) in [6, 6.07) is 0. The highest BCUT2D eigenvalue weighted by Gasteiger charge is 2.22. The molecule has 1 rings (SSSR count). The number of hydrogen-bond donors (Lipinski definition) is 1. The zero-order valence-corrected chi connectivity index (χ0v) is 11.2. The van der Waals surface area contributed by atoms with E-state index in [2.05, 4.69) is 12.0 Å². The van der Waals surface area contributed by atoms with Crippen LogP contribution in [0.15, 0.2) is 0 Å². The number of nitrogen functional groups attached to an aromatic ring is 1. The summed E-state index contributed by atoms with van der Waals surface area (Å²) in [6.45, 7) is 5.10. The van der Waals surface area contributed by atoms with Gasteiger partial charge in [0.1, 0.15) is 5.82 Å². The molecule has 6 nitrogen and oxygen atoms in total. The van der Waals surface area contributed by atoms with Gasteiger partial charge in [0.25, 0.3) is 0 Å². The first kappa shape index (κ1) is 14.5. The van der Waals surface area contributed by atoms with Crippen LogP contribution in [0.3, 0.4) is 0 Å². The minimum Gasteiger partial charge on any atom is -0.461 e. The average Bonchev–Trinajstić information content (AvgIpc) is 2.66. The van der Waals surface area contributed by atoms with Gasteiger partial charge in [0.15, 0.2) is 5.69 Å². The number of aromatic nitrogens is 2. The Labute approximate surface area is 107 Å². The van der Waals surface area contributed by atoms with Gasteiger partial charge in [0.2, 0.25) is 0 Å². The molecule has 0 aliphatic heterocycles. The number of nitrogens with two attached hydrogens (primary N) is 1. The van der Waals surface area contributed by atoms with Crippen molar-refractivity contribution >= 4 is 11.8 Å². The number of anilines is 1. The fraction of sp³-hybridized carbons (Fsp3) is 0.667. The van der Waals surface area contributed by atoms with Gasteiger partial charge in [0.05, 0.1) is 18.8 Å². The van der Waals surface area contributed by atoms with E-state index >= 15 is 0 Å². The topological polar surface area (TPSA) is 79.4 Å². The second kappa shape index (κ2) is 7.00. The van der Waals surface area contributed by atoms with Crippen molar-refractivity contribution in [1.29, 1.82) is 0 Å². The van der Waals surface area contributed by atoms with Gasteiger partial charge in [-0.2, -0.15) is 5.10 Å². The van der Waals surface area contributed by atoms with Crippen molar-refractivity contribution in [2.24, 2.45) is 0 Å². The molecule has 18 heavy (non-hydrogen) atoms. The average molecular weight is 255 g/mol. The molecule has 1 aromatic rings. The summed E-state index contributed by atoms with van der Waals surface area (Å²) in [6.07, 6.45) is 1.99. The number of methoxy groups -OCH3 is 1. The third-order valence-corrected chi connectivity index (χ3v) is 2.57. The molecular formula is C12H21N3O3. The number of rotatable bonds is 7. The molecule has 0 saturated heterocycles. The van der Waals surface area contributed by atoms with Crippen LogP contribution in [-0.2, 0) is 22.6 Å². The SMILES string of the molecule is CCCCn1nc(C(=O)OCC)c(COC)c1N. The molecule has 102 valence electrons. The number of carbonyl (C=O) groups is 1. The summed E-state index contributed by atoms with van der Waals surface area (Å²) in [5.74, 6) is 0.0276. The maximum Gasteiger partial charge on any atom is 0.359 e. The van der Waals surface area contributed by atoms with Crippen LogP contribution in [0.5, 0.6) is 0 Å². The molecule has 0 unspecified atom stereocenters. The molecule has 0 amide bonds. The highest BCUT2D eigenvalue weighted by atomic mass is 16.5. The fourth-order valence-electron chi connectivity index (χ4n) is 1.64. The molecule has 0 bridgehead atoms. The second-order valence-corrected chi connectivity index (χ2v) is 3.94. The predicted molar refractivity (Wildman–Crippen MR) is 68.2 cm³/mol. The van der Waals surface area contributed by atoms with Crippen LogP contribution in [-0.4, -0.2) is 29.5 Å². The Balaban J connectivity index is 3.02. The molecule has 0 aliphatic carbocycles. The lowest BCUT2D eigenvalue weighted by Gasteiger charge is -2.03. The molecule has 1 heterocycles. The van der Waals surface area contributed by atoms with Crippen LogP contribution >= 0.6 is 0 Å². The van der Waals surface area contributed by atoms with Crippen molar-refractivity contribution in [3.63, 3.8) is 0 Å². The van der Waals surface area contributed by atoms with Gasteiger partial charge in [-0.3, -0.25) is 0 Å². The molecule has 0 radical (unpaired) electrons. The van der Waals surface area contributed by atoms with Crippen molar-refractivity contribution in [2.45, 2.75) is 39.8 Å². The molecule has 6 heteroatoms. The molecule has 0 aliphatic rings. The first-order valence-electron chi connectivity index (χ1n) is 6.16. The van der Waals surface area contributed by atoms with E-state index in [1.165, 1.54) is 0 Å². The van der Waals surface area contributed by atoms with Gasteiger partial charge in [0, 0.05) is 13.7 Å². The van der Waals surface area contributed by atoms with E-state index in [9.17, 15) is 4.79 Å². The first-order valence-corrected chi connectivity index (χ1v) is 6.16. The smallest absolute Gasteiger partial charge is 0.359 e. The minimum absolute atomic E-state index is 0.256. The van der Waals surface area contributed by atoms with Crippen LogP contribution in [0, 0.1) is 0 Å². The van der Waals surface area contributed by atoms with Gasteiger partial charge in [-0.05, 0) is 13.3 Å². The zero-order valence-electron chi connectivity index (χ0n) is 11.2. The van der Waals surface area contributed by atoms with Crippen LogP contribution in [0.4, 0.5) is 5.82 Å². The van der Waals surface area contributed by atoms with Crippen molar-refractivity contribution in [3.8, 4) is 0 Å². The summed E-state index contributed by atoms with van der Waals surface area (Å²) in [4.78, 5) is 11.8. The van der Waals surface area contributed by atoms with E-state index in [1.807, 2.05) is 0 Å². The van der Waals surface area contributed by atoms with Crippen molar-refractivity contribution < 1.29 is 14.3 Å². The van der Waals surface area contributed by atoms with Crippen LogP contribution in [0.1, 0.15) is 42.7 Å². The summed E-state index contributed by atoms with van der Waals surface area (Å²) < 4.78 is 11.7. The third-order valence-electron chi connectivity index (χ3n) is 2.57. The molecule has 0 atom stereocenters. The van der Waals surface area contributed by atoms with E-state index in [0.717, 1.165) is 12.8 Å². The molecule has 1 aromatic heterocycles. The molecule has 0 spiro atoms. The summed E-state index contributed by atoms with van der Waals surface area (Å²) in [7, 11) is 1.55. The summed E-state index contributed by atoms with van der Waals surface area (Å²) in [5, 5.41) is 4.22. The number of ether oxygens (including phenoxy) is 2. The van der Waals surface area contributed by atoms with Crippen LogP contribution < -0.4 is 5.73 Å². The van der Waals surface area contributed by atoms with Gasteiger partial charge in [-0.25, -0.2) is 9.48 Å². The van der Waals surface area contributed by atoms with Gasteiger partial charge in [-0.1, -0.05) is 13.3 Å². The number of esters is 1. The Hall–Kier alpha value is -1.56. The summed E-state index contributed by atoms with van der Waals surface area (Å²) in [5.41, 5.74) is 6.84. The monoisotopic (exact) mass is 255 g/mol. The fourth-order valence-corrected chi connectivity index (χ4v) is 1.64. The number of unbranched alkanes of at least 4 members (excludes halogenated alkanes) is 1. The third kappa shape index (κ3) is 3.22. The second-order valence-electron chi connectivity index (χ2n) is 3.94. The molecule has 0 saturated carbocycles. The van der Waals surface area contributed by atoms with Gasteiger partial charge >= 0.3 is 5.97 Å². The largest absolute Gasteiger partial charge is 0.461 e. The highest BCUT2D eigenvalue weighted by Crippen LogP contribution is 2.19. The van der Waals surface area contributed by atoms with Gasteiger partial charge < -0.3 is 15.2 Å². The lowest BCUT2D eigenvalue weighted by molar-refractivity contribution is 0.0513. The number of nitrogens with zero attached hydrogens (tertiary/aromatic N) is 2. The van der Waals surface area contributed by atoms with E-state index in [1.54, 1.807) is 18.7 Å². The standard InChI is InChI=1S/C12H21N3O3/c1-4-6-7-15-11(13)9(8-17-3)10(14-15)12(16)18-5-2/h4-8,13H2,1-3H3. The normalized spacial score (nSPS) is 10.6. The quantitative estimate of drug-likeness (QED) is 0.748. The lowest BCUT2D eigenvalue weighted by atomic mass is 10.2. The van der Waals surface area contributed by atoms with E-state index in [0.29, 0.717) is 24.5 Å². The Morgan fingerprint density at radius 1 is 1.44 bits per heavy atom. The Morgan fingerprint density at radius 2 is 2.17 bits per heavy atom. The maximum absolute atomic E-state index is 11.8. The minimum atomic E-state index is -0.452. The van der Waals surface area contributed by atoms with Crippen molar-refractivity contribution in [1.82, 2.24) is 9.78 Å². The van der Waals surface area contributed by atoms with E-state index in [4.69, 9.17) is 15.2 Å². The maximum atomic E-state index is 11.8. The lowest BCUT2D eigenvalue weighted by Crippen LogP contribution is -2.09. The summed E-state index contributed by atoms with van der Waals surface area (Å²) >= 11 is 0. The van der Waals surface area contributed by atoms with E-state index < -0.39 is 5.97 Å². The Bertz CT molecular complexity index is 402. The first-order chi connectivity index (χ1) is 8.65.